The highest BCUT2D eigenvalue weighted by Crippen LogP contribution is 2.22. The number of hydrogen-bond acceptors (Lipinski definition) is 6. The lowest BCUT2D eigenvalue weighted by Crippen LogP contribution is -2.33. The Bertz CT molecular complexity index is 908. The van der Waals surface area contributed by atoms with Crippen LogP contribution in [0.5, 0.6) is 5.75 Å². The third-order valence-corrected chi connectivity index (χ3v) is 5.53. The molecule has 2 aromatic rings. The fourth-order valence-corrected chi connectivity index (χ4v) is 3.23. The number of aliphatic carboxylic acids is 1. The molecular formula is C23H30N4O4. The zero-order chi connectivity index (χ0) is 22.4. The van der Waals surface area contributed by atoms with E-state index in [2.05, 4.69) is 15.8 Å². The van der Waals surface area contributed by atoms with Gasteiger partial charge in [-0.25, -0.2) is 5.43 Å². The van der Waals surface area contributed by atoms with E-state index in [0.29, 0.717) is 30.9 Å². The summed E-state index contributed by atoms with van der Waals surface area (Å²) in [6, 6.07) is 11.3. The normalized spacial score (nSPS) is 16.2. The first-order valence-corrected chi connectivity index (χ1v) is 10.4. The number of hydrazine groups is 1. The zero-order valence-corrected chi connectivity index (χ0v) is 18.2. The molecule has 1 aliphatic rings. The number of carboxylic acid groups (broad SMARTS) is 1. The average molecular weight is 427 g/mol. The zero-order valence-electron chi connectivity index (χ0n) is 18.2. The Morgan fingerprint density at radius 1 is 1.29 bits per heavy atom. The van der Waals surface area contributed by atoms with Crippen LogP contribution in [-0.4, -0.2) is 47.0 Å². The van der Waals surface area contributed by atoms with E-state index >= 15 is 0 Å². The highest BCUT2D eigenvalue weighted by atomic mass is 16.5. The quantitative estimate of drug-likeness (QED) is 0.566. The number of nitrogens with one attached hydrogen (secondary N) is 2. The van der Waals surface area contributed by atoms with Gasteiger partial charge in [0.1, 0.15) is 12.4 Å². The summed E-state index contributed by atoms with van der Waals surface area (Å²) in [5.41, 5.74) is 7.79. The van der Waals surface area contributed by atoms with Crippen molar-refractivity contribution in [3.05, 3.63) is 59.4 Å². The van der Waals surface area contributed by atoms with E-state index < -0.39 is 11.4 Å². The Morgan fingerprint density at radius 3 is 2.74 bits per heavy atom. The topological polar surface area (TPSA) is 104 Å². The van der Waals surface area contributed by atoms with Crippen LogP contribution in [0.4, 0.5) is 0 Å². The van der Waals surface area contributed by atoms with Crippen molar-refractivity contribution >= 4 is 11.9 Å². The minimum Gasteiger partial charge on any atom is -0.487 e. The summed E-state index contributed by atoms with van der Waals surface area (Å²) in [6.45, 7) is 4.93. The molecule has 0 radical (unpaired) electrons. The van der Waals surface area contributed by atoms with Crippen molar-refractivity contribution in [3.63, 3.8) is 0 Å². The molecule has 1 aromatic heterocycles. The van der Waals surface area contributed by atoms with Crippen molar-refractivity contribution in [2.45, 2.75) is 39.3 Å². The molecule has 2 heterocycles. The molecule has 1 aromatic carbocycles. The van der Waals surface area contributed by atoms with Crippen LogP contribution < -0.4 is 15.6 Å². The van der Waals surface area contributed by atoms with Gasteiger partial charge < -0.3 is 14.7 Å². The largest absolute Gasteiger partial charge is 0.487 e. The van der Waals surface area contributed by atoms with E-state index in [4.69, 9.17) is 4.74 Å². The monoisotopic (exact) mass is 426 g/mol. The number of ether oxygens (including phenoxy) is 1. The first-order valence-electron chi connectivity index (χ1n) is 10.4. The van der Waals surface area contributed by atoms with Gasteiger partial charge in [-0.3, -0.25) is 20.0 Å². The van der Waals surface area contributed by atoms with Crippen LogP contribution in [0.3, 0.4) is 0 Å². The maximum Gasteiger partial charge on any atom is 0.309 e. The maximum atomic E-state index is 12.7. The van der Waals surface area contributed by atoms with Crippen molar-refractivity contribution < 1.29 is 19.4 Å². The molecule has 3 rings (SSSR count). The van der Waals surface area contributed by atoms with Crippen molar-refractivity contribution in [1.82, 2.24) is 20.7 Å². The van der Waals surface area contributed by atoms with Gasteiger partial charge in [0.15, 0.2) is 0 Å². The van der Waals surface area contributed by atoms with Gasteiger partial charge in [0.25, 0.3) is 5.91 Å². The van der Waals surface area contributed by atoms with E-state index in [0.717, 1.165) is 24.2 Å². The highest BCUT2D eigenvalue weighted by molar-refractivity contribution is 5.94. The molecule has 166 valence electrons. The van der Waals surface area contributed by atoms with Gasteiger partial charge in [0.05, 0.1) is 23.3 Å². The Morgan fingerprint density at radius 2 is 2.10 bits per heavy atom. The van der Waals surface area contributed by atoms with Gasteiger partial charge in [0, 0.05) is 25.7 Å². The number of carbonyl (C=O) groups excluding carboxylic acids is 1. The van der Waals surface area contributed by atoms with E-state index in [1.807, 2.05) is 24.3 Å². The van der Waals surface area contributed by atoms with Crippen molar-refractivity contribution in [2.75, 3.05) is 20.1 Å². The maximum absolute atomic E-state index is 12.7. The molecule has 0 aliphatic carbocycles. The molecule has 1 aliphatic heterocycles. The summed E-state index contributed by atoms with van der Waals surface area (Å²) in [6.07, 6.45) is 3.08. The molecule has 1 atom stereocenters. The van der Waals surface area contributed by atoms with Crippen LogP contribution in [0.1, 0.15) is 54.3 Å². The van der Waals surface area contributed by atoms with Crippen LogP contribution in [0.25, 0.3) is 0 Å². The molecule has 0 saturated carbocycles. The van der Waals surface area contributed by atoms with Gasteiger partial charge in [-0.15, -0.1) is 0 Å². The first-order chi connectivity index (χ1) is 14.8. The minimum absolute atomic E-state index is 0.147. The molecule has 0 spiro atoms. The van der Waals surface area contributed by atoms with Crippen molar-refractivity contribution in [1.29, 1.82) is 0 Å². The number of rotatable bonds is 9. The van der Waals surface area contributed by atoms with Gasteiger partial charge >= 0.3 is 5.97 Å². The minimum atomic E-state index is -0.877. The molecule has 0 bridgehead atoms. The Balaban J connectivity index is 1.55. The summed E-state index contributed by atoms with van der Waals surface area (Å²) in [4.78, 5) is 30.0. The number of benzene rings is 1. The smallest absolute Gasteiger partial charge is 0.309 e. The number of pyridine rings is 1. The number of hydrogen-bond donors (Lipinski definition) is 3. The van der Waals surface area contributed by atoms with Crippen molar-refractivity contribution in [2.24, 2.45) is 5.41 Å². The SMILES string of the molecule is CN(CCC(C)(C)C(=O)O)C(=O)c1cccc(COc2ccc(C3CCNN3)nc2)c1. The van der Waals surface area contributed by atoms with Crippen molar-refractivity contribution in [3.8, 4) is 5.75 Å². The summed E-state index contributed by atoms with van der Waals surface area (Å²) in [5, 5.41) is 9.24. The molecule has 8 heteroatoms. The molecule has 31 heavy (non-hydrogen) atoms. The van der Waals surface area contributed by atoms with Gasteiger partial charge in [-0.2, -0.15) is 0 Å². The molecular weight excluding hydrogens is 396 g/mol. The van der Waals surface area contributed by atoms with E-state index in [1.54, 1.807) is 44.1 Å². The number of aromatic nitrogens is 1. The first kappa shape index (κ1) is 22.7. The number of amides is 1. The number of carbonyl (C=O) groups is 2. The number of nitrogens with zero attached hydrogens (tertiary/aromatic N) is 2. The summed E-state index contributed by atoms with van der Waals surface area (Å²) in [5.74, 6) is -0.350. The van der Waals surface area contributed by atoms with Crippen LogP contribution in [0.15, 0.2) is 42.6 Å². The molecule has 1 unspecified atom stereocenters. The second-order valence-electron chi connectivity index (χ2n) is 8.49. The Labute approximate surface area is 182 Å². The van der Waals surface area contributed by atoms with Crippen LogP contribution in [0, 0.1) is 5.41 Å². The molecule has 1 fully saturated rings. The fraction of sp³-hybridized carbons (Fsp3) is 0.435. The second-order valence-corrected chi connectivity index (χ2v) is 8.49. The van der Waals surface area contributed by atoms with Crippen LogP contribution in [0.2, 0.25) is 0 Å². The molecule has 8 nitrogen and oxygen atoms in total. The van der Waals surface area contributed by atoms with E-state index in [1.165, 1.54) is 0 Å². The van der Waals surface area contributed by atoms with Gasteiger partial charge in [-0.1, -0.05) is 12.1 Å². The van der Waals surface area contributed by atoms with Crippen LogP contribution in [-0.2, 0) is 11.4 Å². The van der Waals surface area contributed by atoms with Gasteiger partial charge in [0.2, 0.25) is 0 Å². The van der Waals surface area contributed by atoms with Gasteiger partial charge in [-0.05, 0) is 56.5 Å². The second kappa shape index (κ2) is 9.89. The lowest BCUT2D eigenvalue weighted by Gasteiger charge is -2.24. The Kier molecular flexibility index (Phi) is 7.25. The fourth-order valence-electron chi connectivity index (χ4n) is 3.23. The predicted molar refractivity (Wildman–Crippen MR) is 117 cm³/mol. The Hall–Kier alpha value is -2.97. The average Bonchev–Trinajstić information content (AvgIpc) is 3.31. The summed E-state index contributed by atoms with van der Waals surface area (Å²) < 4.78 is 5.83. The number of carboxylic acids is 1. The van der Waals surface area contributed by atoms with Crippen LogP contribution >= 0.6 is 0 Å². The summed E-state index contributed by atoms with van der Waals surface area (Å²) in [7, 11) is 1.69. The summed E-state index contributed by atoms with van der Waals surface area (Å²) >= 11 is 0. The lowest BCUT2D eigenvalue weighted by molar-refractivity contribution is -0.147. The third kappa shape index (κ3) is 6.02. The standard InChI is InChI=1S/C23H30N4O4/c1-23(2,22(29)30)10-12-27(3)21(28)17-6-4-5-16(13-17)15-31-18-7-8-19(24-14-18)20-9-11-25-26-20/h4-8,13-14,20,25-26H,9-12,15H2,1-3H3,(H,29,30). The highest BCUT2D eigenvalue weighted by Gasteiger charge is 2.28. The molecule has 3 N–H and O–H groups in total. The third-order valence-electron chi connectivity index (χ3n) is 5.53. The molecule has 1 amide bonds. The lowest BCUT2D eigenvalue weighted by atomic mass is 9.89. The predicted octanol–water partition coefficient (Wildman–Crippen LogP) is 2.77. The molecule has 1 saturated heterocycles. The van der Waals surface area contributed by atoms with E-state index in [9.17, 15) is 14.7 Å². The van der Waals surface area contributed by atoms with E-state index in [-0.39, 0.29) is 11.9 Å².